The van der Waals surface area contributed by atoms with E-state index >= 15 is 0 Å². The van der Waals surface area contributed by atoms with E-state index in [1.165, 1.54) is 13.2 Å². The van der Waals surface area contributed by atoms with Crippen molar-refractivity contribution < 1.29 is 28.3 Å². The normalized spacial score (nSPS) is 11.0. The fourth-order valence-corrected chi connectivity index (χ4v) is 3.23. The molecule has 0 aliphatic carbocycles. The van der Waals surface area contributed by atoms with Crippen LogP contribution in [0.1, 0.15) is 33.1 Å². The number of aryl methyl sites for hydroxylation is 2. The van der Waals surface area contributed by atoms with Gasteiger partial charge in [0, 0.05) is 40.7 Å². The van der Waals surface area contributed by atoms with E-state index in [4.69, 9.17) is 18.7 Å². The lowest BCUT2D eigenvalue weighted by Gasteiger charge is -2.07. The summed E-state index contributed by atoms with van der Waals surface area (Å²) in [6.07, 6.45) is 2.81. The maximum absolute atomic E-state index is 12.6. The van der Waals surface area contributed by atoms with Crippen LogP contribution in [-0.2, 0) is 9.53 Å². The Bertz CT molecular complexity index is 1140. The molecule has 0 fully saturated rings. The van der Waals surface area contributed by atoms with Gasteiger partial charge < -0.3 is 18.7 Å². The number of ether oxygens (including phenoxy) is 3. The van der Waals surface area contributed by atoms with E-state index in [9.17, 15) is 9.59 Å². The Morgan fingerprint density at radius 3 is 2.52 bits per heavy atom. The number of Topliss-reactive ketones (excluding diaryl/α,β-unsaturated/α-hetero) is 1. The maximum atomic E-state index is 12.6. The summed E-state index contributed by atoms with van der Waals surface area (Å²) >= 11 is 0. The van der Waals surface area contributed by atoms with Gasteiger partial charge in [-0.05, 0) is 45.0 Å². The van der Waals surface area contributed by atoms with E-state index in [0.717, 1.165) is 5.69 Å². The lowest BCUT2D eigenvalue weighted by atomic mass is 10.1. The third kappa shape index (κ3) is 4.85. The van der Waals surface area contributed by atoms with Crippen molar-refractivity contribution >= 4 is 17.8 Å². The van der Waals surface area contributed by atoms with Crippen LogP contribution in [0.3, 0.4) is 0 Å². The van der Waals surface area contributed by atoms with Crippen molar-refractivity contribution in [2.45, 2.75) is 20.8 Å². The number of benzene rings is 1. The molecule has 0 N–H and O–H groups in total. The predicted molar refractivity (Wildman–Crippen MR) is 114 cm³/mol. The molecule has 2 aromatic heterocycles. The lowest BCUT2D eigenvalue weighted by Crippen LogP contribution is -2.13. The molecule has 0 atom stereocenters. The zero-order valence-corrected chi connectivity index (χ0v) is 18.1. The molecule has 162 valence electrons. The first-order valence-corrected chi connectivity index (χ1v) is 9.56. The number of carbonyl (C=O) groups excluding carboxylic acids is 2. The number of hydrogen-bond donors (Lipinski definition) is 0. The highest BCUT2D eigenvalue weighted by Gasteiger charge is 2.19. The Labute approximate surface area is 180 Å². The van der Waals surface area contributed by atoms with Gasteiger partial charge in [-0.25, -0.2) is 4.79 Å². The molecule has 3 aromatic rings. The number of esters is 1. The fraction of sp³-hybridized carbons (Fsp3) is 0.261. The number of rotatable bonds is 8. The highest BCUT2D eigenvalue weighted by Crippen LogP contribution is 2.25. The van der Waals surface area contributed by atoms with E-state index in [0.29, 0.717) is 39.9 Å². The summed E-state index contributed by atoms with van der Waals surface area (Å²) in [6, 6.07) is 8.75. The van der Waals surface area contributed by atoms with Gasteiger partial charge >= 0.3 is 5.97 Å². The van der Waals surface area contributed by atoms with Crippen LogP contribution in [0.25, 0.3) is 11.9 Å². The zero-order chi connectivity index (χ0) is 22.5. The van der Waals surface area contributed by atoms with Crippen LogP contribution in [0.2, 0.25) is 0 Å². The SMILES string of the molecule is COc1ccc(/C=C/C(=O)OCC(=O)c2cc(C)n(-c3cc(C)on3)c2C)c(OC)c1. The Morgan fingerprint density at radius 1 is 1.10 bits per heavy atom. The van der Waals surface area contributed by atoms with E-state index in [-0.39, 0.29) is 12.4 Å². The van der Waals surface area contributed by atoms with Crippen molar-refractivity contribution in [2.24, 2.45) is 0 Å². The molecule has 0 amide bonds. The molecule has 31 heavy (non-hydrogen) atoms. The first-order valence-electron chi connectivity index (χ1n) is 9.56. The van der Waals surface area contributed by atoms with Crippen molar-refractivity contribution in [1.82, 2.24) is 9.72 Å². The van der Waals surface area contributed by atoms with Crippen molar-refractivity contribution in [3.8, 4) is 17.3 Å². The molecule has 8 heteroatoms. The summed E-state index contributed by atoms with van der Waals surface area (Å²) in [5.41, 5.74) is 2.67. The molecule has 0 aliphatic heterocycles. The van der Waals surface area contributed by atoms with Gasteiger partial charge in [-0.2, -0.15) is 0 Å². The predicted octanol–water partition coefficient (Wildman–Crippen LogP) is 3.85. The van der Waals surface area contributed by atoms with Gasteiger partial charge in [0.25, 0.3) is 0 Å². The molecule has 1 aromatic carbocycles. The summed E-state index contributed by atoms with van der Waals surface area (Å²) < 4.78 is 22.5. The van der Waals surface area contributed by atoms with Crippen molar-refractivity contribution in [2.75, 3.05) is 20.8 Å². The highest BCUT2D eigenvalue weighted by molar-refractivity contribution is 6.00. The lowest BCUT2D eigenvalue weighted by molar-refractivity contribution is -0.136. The first-order chi connectivity index (χ1) is 14.8. The Kier molecular flexibility index (Phi) is 6.59. The topological polar surface area (TPSA) is 92.8 Å². The van der Waals surface area contributed by atoms with Gasteiger partial charge in [0.1, 0.15) is 17.3 Å². The molecule has 8 nitrogen and oxygen atoms in total. The maximum Gasteiger partial charge on any atom is 0.331 e. The molecular weight excluding hydrogens is 400 g/mol. The fourth-order valence-electron chi connectivity index (χ4n) is 3.23. The molecule has 0 spiro atoms. The summed E-state index contributed by atoms with van der Waals surface area (Å²) in [6.45, 7) is 5.10. The minimum absolute atomic E-state index is 0.302. The van der Waals surface area contributed by atoms with Gasteiger partial charge in [-0.15, -0.1) is 0 Å². The Hall–Kier alpha value is -3.81. The van der Waals surface area contributed by atoms with Crippen LogP contribution in [0, 0.1) is 20.8 Å². The minimum atomic E-state index is -0.632. The number of hydrogen-bond acceptors (Lipinski definition) is 7. The third-order valence-electron chi connectivity index (χ3n) is 4.76. The van der Waals surface area contributed by atoms with E-state index in [1.807, 2.05) is 18.4 Å². The summed E-state index contributed by atoms with van der Waals surface area (Å²) in [7, 11) is 3.09. The Balaban J connectivity index is 1.66. The average Bonchev–Trinajstić information content (AvgIpc) is 3.31. The van der Waals surface area contributed by atoms with Gasteiger partial charge in [0.2, 0.25) is 5.78 Å². The van der Waals surface area contributed by atoms with Crippen LogP contribution in [0.4, 0.5) is 0 Å². The molecule has 0 bridgehead atoms. The highest BCUT2D eigenvalue weighted by atomic mass is 16.5. The monoisotopic (exact) mass is 424 g/mol. The average molecular weight is 424 g/mol. The van der Waals surface area contributed by atoms with E-state index in [2.05, 4.69) is 5.16 Å². The van der Waals surface area contributed by atoms with Crippen LogP contribution in [-0.4, -0.2) is 42.3 Å². The van der Waals surface area contributed by atoms with Crippen LogP contribution >= 0.6 is 0 Å². The molecule has 0 saturated heterocycles. The van der Waals surface area contributed by atoms with Crippen molar-refractivity contribution in [3.05, 3.63) is 64.7 Å². The summed E-state index contributed by atoms with van der Waals surface area (Å²) in [4.78, 5) is 24.7. The number of ketones is 1. The molecule has 0 radical (unpaired) electrons. The number of methoxy groups -OCH3 is 2. The first kappa shape index (κ1) is 21.9. The number of aromatic nitrogens is 2. The van der Waals surface area contributed by atoms with Gasteiger partial charge in [0.15, 0.2) is 12.4 Å². The largest absolute Gasteiger partial charge is 0.497 e. The van der Waals surface area contributed by atoms with Crippen LogP contribution in [0.5, 0.6) is 11.5 Å². The smallest absolute Gasteiger partial charge is 0.331 e. The van der Waals surface area contributed by atoms with Crippen LogP contribution in [0.15, 0.2) is 40.9 Å². The van der Waals surface area contributed by atoms with Gasteiger partial charge in [-0.1, -0.05) is 5.16 Å². The molecule has 0 aliphatic rings. The molecule has 0 unspecified atom stereocenters. The second-order valence-electron chi connectivity index (χ2n) is 6.89. The standard InChI is InChI=1S/C23H24N2O6/c1-14-10-19(16(3)25(14)22-11-15(2)31-24-22)20(26)13-30-23(27)9-7-17-6-8-18(28-4)12-21(17)29-5/h6-12H,13H2,1-5H3/b9-7+. The molecule has 0 saturated carbocycles. The van der Waals surface area contributed by atoms with Crippen molar-refractivity contribution in [3.63, 3.8) is 0 Å². The van der Waals surface area contributed by atoms with E-state index < -0.39 is 5.97 Å². The zero-order valence-electron chi connectivity index (χ0n) is 18.1. The second-order valence-corrected chi connectivity index (χ2v) is 6.89. The Morgan fingerprint density at radius 2 is 1.87 bits per heavy atom. The third-order valence-corrected chi connectivity index (χ3v) is 4.76. The number of carbonyl (C=O) groups is 2. The number of nitrogens with zero attached hydrogens (tertiary/aromatic N) is 2. The molecule has 2 heterocycles. The summed E-state index contributed by atoms with van der Waals surface area (Å²) in [5.74, 6) is 1.52. The van der Waals surface area contributed by atoms with Crippen LogP contribution < -0.4 is 9.47 Å². The summed E-state index contributed by atoms with van der Waals surface area (Å²) in [5, 5.41) is 4.00. The molecule has 3 rings (SSSR count). The van der Waals surface area contributed by atoms with Gasteiger partial charge in [-0.3, -0.25) is 9.36 Å². The second kappa shape index (κ2) is 9.34. The van der Waals surface area contributed by atoms with E-state index in [1.54, 1.807) is 50.4 Å². The molecular formula is C23H24N2O6. The van der Waals surface area contributed by atoms with Crippen molar-refractivity contribution in [1.29, 1.82) is 0 Å². The quantitative estimate of drug-likeness (QED) is 0.308. The minimum Gasteiger partial charge on any atom is -0.497 e. The van der Waals surface area contributed by atoms with Gasteiger partial charge in [0.05, 0.1) is 14.2 Å².